The average molecular weight is 464 g/mol. The summed E-state index contributed by atoms with van der Waals surface area (Å²) in [6.07, 6.45) is 2.83. The Labute approximate surface area is 202 Å². The van der Waals surface area contributed by atoms with Crippen LogP contribution in [0.5, 0.6) is 0 Å². The maximum Gasteiger partial charge on any atom is 0.224 e. The number of benzene rings is 1. The predicted octanol–water partition coefficient (Wildman–Crippen LogP) is 3.50. The second-order valence-corrected chi connectivity index (χ2v) is 9.12. The smallest absolute Gasteiger partial charge is 0.224 e. The minimum absolute atomic E-state index is 0.0438. The van der Waals surface area contributed by atoms with Crippen LogP contribution in [0.4, 0.5) is 5.82 Å². The Morgan fingerprint density at radius 3 is 2.65 bits per heavy atom. The molecule has 1 aromatic carbocycles. The fourth-order valence-electron chi connectivity index (χ4n) is 4.93. The summed E-state index contributed by atoms with van der Waals surface area (Å²) in [6.45, 7) is 13.7. The minimum Gasteiger partial charge on any atom is -0.356 e. The third-order valence-corrected chi connectivity index (χ3v) is 6.92. The summed E-state index contributed by atoms with van der Waals surface area (Å²) in [6, 6.07) is 10.1. The van der Waals surface area contributed by atoms with Crippen LogP contribution in [0.25, 0.3) is 16.6 Å². The standard InChI is InChI=1S/C26H37N7O/c1-5-31(6-2)16-11-15-27-26(34)21-12-10-17-32(18-21)25-24-23(19(3)28-29-25)20(4)33(30-24)22-13-8-7-9-14-22/h7-9,13-14,21H,5-6,10-12,15-18H2,1-4H3,(H,27,34)/t21-/m0/s1. The van der Waals surface area contributed by atoms with E-state index in [0.717, 1.165) is 85.8 Å². The lowest BCUT2D eigenvalue weighted by Crippen LogP contribution is -2.44. The van der Waals surface area contributed by atoms with Crippen molar-refractivity contribution < 1.29 is 4.79 Å². The SMILES string of the molecule is CCN(CC)CCCNC(=O)[C@H]1CCCN(c2nnc(C)c3c(C)n(-c4ccccc4)nc23)C1. The van der Waals surface area contributed by atoms with Gasteiger partial charge in [0.2, 0.25) is 5.91 Å². The number of anilines is 1. The van der Waals surface area contributed by atoms with Crippen LogP contribution in [-0.4, -0.2) is 70.1 Å². The van der Waals surface area contributed by atoms with E-state index >= 15 is 0 Å². The highest BCUT2D eigenvalue weighted by molar-refractivity contribution is 5.92. The van der Waals surface area contributed by atoms with Gasteiger partial charge in [-0.25, -0.2) is 4.68 Å². The number of para-hydroxylation sites is 1. The molecule has 1 saturated heterocycles. The highest BCUT2D eigenvalue weighted by Crippen LogP contribution is 2.31. The van der Waals surface area contributed by atoms with Crippen molar-refractivity contribution >= 4 is 22.6 Å². The molecule has 2 aromatic heterocycles. The zero-order valence-electron chi connectivity index (χ0n) is 20.9. The third-order valence-electron chi connectivity index (χ3n) is 6.92. The van der Waals surface area contributed by atoms with Gasteiger partial charge in [0.15, 0.2) is 5.82 Å². The van der Waals surface area contributed by atoms with Crippen LogP contribution in [-0.2, 0) is 4.79 Å². The summed E-state index contributed by atoms with van der Waals surface area (Å²) in [4.78, 5) is 17.5. The number of hydrogen-bond donors (Lipinski definition) is 1. The summed E-state index contributed by atoms with van der Waals surface area (Å²) in [5.41, 5.74) is 3.79. The van der Waals surface area contributed by atoms with Crippen LogP contribution in [0.15, 0.2) is 30.3 Å². The number of nitrogens with zero attached hydrogens (tertiary/aromatic N) is 6. The van der Waals surface area contributed by atoms with Gasteiger partial charge in [0.05, 0.1) is 28.4 Å². The number of fused-ring (bicyclic) bond motifs is 1. The molecule has 182 valence electrons. The molecule has 8 nitrogen and oxygen atoms in total. The van der Waals surface area contributed by atoms with Gasteiger partial charge in [0, 0.05) is 19.6 Å². The highest BCUT2D eigenvalue weighted by Gasteiger charge is 2.29. The van der Waals surface area contributed by atoms with E-state index in [9.17, 15) is 4.79 Å². The summed E-state index contributed by atoms with van der Waals surface area (Å²) in [5, 5.41) is 18.2. The lowest BCUT2D eigenvalue weighted by molar-refractivity contribution is -0.125. The Bertz CT molecular complexity index is 1110. The molecule has 0 unspecified atom stereocenters. The van der Waals surface area contributed by atoms with Crippen LogP contribution < -0.4 is 10.2 Å². The van der Waals surface area contributed by atoms with E-state index in [0.29, 0.717) is 6.54 Å². The van der Waals surface area contributed by atoms with E-state index in [1.165, 1.54) is 0 Å². The molecule has 34 heavy (non-hydrogen) atoms. The maximum absolute atomic E-state index is 12.9. The maximum atomic E-state index is 12.9. The van der Waals surface area contributed by atoms with Crippen LogP contribution in [0.2, 0.25) is 0 Å². The van der Waals surface area contributed by atoms with Crippen molar-refractivity contribution in [3.8, 4) is 5.69 Å². The van der Waals surface area contributed by atoms with Gasteiger partial charge in [0.25, 0.3) is 0 Å². The van der Waals surface area contributed by atoms with Crippen molar-refractivity contribution in [3.05, 3.63) is 41.7 Å². The van der Waals surface area contributed by atoms with Crippen molar-refractivity contribution in [1.29, 1.82) is 0 Å². The molecular formula is C26H37N7O. The third kappa shape index (κ3) is 5.06. The molecule has 0 radical (unpaired) electrons. The molecule has 8 heteroatoms. The first-order valence-corrected chi connectivity index (χ1v) is 12.6. The van der Waals surface area contributed by atoms with Gasteiger partial charge in [-0.05, 0) is 64.9 Å². The van der Waals surface area contributed by atoms with Gasteiger partial charge in [-0.3, -0.25) is 4.79 Å². The molecule has 0 spiro atoms. The molecule has 1 aliphatic heterocycles. The quantitative estimate of drug-likeness (QED) is 0.490. The largest absolute Gasteiger partial charge is 0.356 e. The number of amides is 1. The van der Waals surface area contributed by atoms with Gasteiger partial charge in [-0.1, -0.05) is 32.0 Å². The highest BCUT2D eigenvalue weighted by atomic mass is 16.1. The Morgan fingerprint density at radius 2 is 1.91 bits per heavy atom. The van der Waals surface area contributed by atoms with E-state index in [2.05, 4.69) is 58.2 Å². The van der Waals surface area contributed by atoms with E-state index < -0.39 is 0 Å². The predicted molar refractivity (Wildman–Crippen MR) is 136 cm³/mol. The number of carbonyl (C=O) groups is 1. The fourth-order valence-corrected chi connectivity index (χ4v) is 4.93. The van der Waals surface area contributed by atoms with Gasteiger partial charge in [-0.15, -0.1) is 5.10 Å². The topological polar surface area (TPSA) is 79.2 Å². The molecular weight excluding hydrogens is 426 g/mol. The zero-order chi connectivity index (χ0) is 24.1. The number of aryl methyl sites for hydroxylation is 2. The molecule has 1 fully saturated rings. The van der Waals surface area contributed by atoms with E-state index in [1.54, 1.807) is 0 Å². The molecule has 1 N–H and O–H groups in total. The number of carbonyl (C=O) groups excluding carboxylic acids is 1. The van der Waals surface area contributed by atoms with Crippen LogP contribution in [0.3, 0.4) is 0 Å². The Kier molecular flexibility index (Phi) is 7.77. The number of aromatic nitrogens is 4. The normalized spacial score (nSPS) is 16.4. The number of piperidine rings is 1. The molecule has 1 atom stereocenters. The molecule has 0 aliphatic carbocycles. The molecule has 4 rings (SSSR count). The first kappa shape index (κ1) is 24.1. The number of rotatable bonds is 9. The second-order valence-electron chi connectivity index (χ2n) is 9.12. The van der Waals surface area contributed by atoms with Crippen molar-refractivity contribution in [2.45, 2.75) is 47.0 Å². The summed E-state index contributed by atoms with van der Waals surface area (Å²) in [5.74, 6) is 0.877. The molecule has 1 aliphatic rings. The molecule has 1 amide bonds. The first-order chi connectivity index (χ1) is 16.5. The fraction of sp³-hybridized carbons (Fsp3) is 0.538. The lowest BCUT2D eigenvalue weighted by atomic mass is 9.97. The van der Waals surface area contributed by atoms with E-state index in [-0.39, 0.29) is 11.8 Å². The summed E-state index contributed by atoms with van der Waals surface area (Å²) in [7, 11) is 0. The Hall–Kier alpha value is -3.00. The summed E-state index contributed by atoms with van der Waals surface area (Å²) >= 11 is 0. The van der Waals surface area contributed by atoms with Crippen molar-refractivity contribution in [2.75, 3.05) is 44.2 Å². The molecule has 3 heterocycles. The van der Waals surface area contributed by atoms with Gasteiger partial charge < -0.3 is 15.1 Å². The monoisotopic (exact) mass is 463 g/mol. The molecule has 3 aromatic rings. The van der Waals surface area contributed by atoms with Gasteiger partial charge >= 0.3 is 0 Å². The van der Waals surface area contributed by atoms with E-state index in [1.807, 2.05) is 29.8 Å². The van der Waals surface area contributed by atoms with Gasteiger partial charge in [0.1, 0.15) is 5.52 Å². The van der Waals surface area contributed by atoms with Crippen molar-refractivity contribution in [2.24, 2.45) is 5.92 Å². The van der Waals surface area contributed by atoms with Crippen LogP contribution >= 0.6 is 0 Å². The second kappa shape index (κ2) is 11.0. The molecule has 0 bridgehead atoms. The van der Waals surface area contributed by atoms with Crippen molar-refractivity contribution in [3.63, 3.8) is 0 Å². The average Bonchev–Trinajstić information content (AvgIpc) is 3.22. The first-order valence-electron chi connectivity index (χ1n) is 12.6. The molecule has 0 saturated carbocycles. The Morgan fingerprint density at radius 1 is 1.15 bits per heavy atom. The summed E-state index contributed by atoms with van der Waals surface area (Å²) < 4.78 is 1.97. The zero-order valence-corrected chi connectivity index (χ0v) is 20.9. The number of hydrogen-bond acceptors (Lipinski definition) is 6. The Balaban J connectivity index is 1.50. The van der Waals surface area contributed by atoms with E-state index in [4.69, 9.17) is 5.10 Å². The van der Waals surface area contributed by atoms with Gasteiger partial charge in [-0.2, -0.15) is 10.2 Å². The lowest BCUT2D eigenvalue weighted by Gasteiger charge is -2.32. The van der Waals surface area contributed by atoms with Crippen LogP contribution in [0.1, 0.15) is 44.5 Å². The van der Waals surface area contributed by atoms with Crippen LogP contribution in [0, 0.1) is 19.8 Å². The minimum atomic E-state index is -0.0438. The number of nitrogens with one attached hydrogen (secondary N) is 1. The van der Waals surface area contributed by atoms with Crippen molar-refractivity contribution in [1.82, 2.24) is 30.2 Å².